The van der Waals surface area contributed by atoms with Crippen molar-refractivity contribution in [1.29, 1.82) is 0 Å². The van der Waals surface area contributed by atoms with E-state index in [1.165, 1.54) is 6.07 Å². The molecule has 0 heterocycles. The highest BCUT2D eigenvalue weighted by Crippen LogP contribution is 2.48. The number of carboxylic acid groups (broad SMARTS) is 1. The molecule has 2 rings (SSSR count). The molecule has 1 saturated carbocycles. The van der Waals surface area contributed by atoms with Gasteiger partial charge in [-0.15, -0.1) is 0 Å². The standard InChI is InChI=1S/C14H16FNO3/c15-11-4-2-1-3-10(11)14(7-8-14)9-16-12(17)5-6-13(18)19/h1-4H,5-9H2,(H,16,17)(H,18,19). The lowest BCUT2D eigenvalue weighted by Crippen LogP contribution is -2.32. The van der Waals surface area contributed by atoms with E-state index in [1.807, 2.05) is 0 Å². The third kappa shape index (κ3) is 3.30. The molecule has 0 spiro atoms. The molecule has 0 bridgehead atoms. The smallest absolute Gasteiger partial charge is 0.303 e. The second-order valence-electron chi connectivity index (χ2n) is 4.93. The number of aliphatic carboxylic acids is 1. The maximum absolute atomic E-state index is 13.7. The number of carboxylic acids is 1. The quantitative estimate of drug-likeness (QED) is 0.824. The molecule has 4 nitrogen and oxygen atoms in total. The van der Waals surface area contributed by atoms with Crippen molar-refractivity contribution in [2.24, 2.45) is 0 Å². The maximum atomic E-state index is 13.7. The first-order chi connectivity index (χ1) is 9.03. The highest BCUT2D eigenvalue weighted by molar-refractivity contribution is 5.80. The van der Waals surface area contributed by atoms with Crippen molar-refractivity contribution in [2.45, 2.75) is 31.1 Å². The number of hydrogen-bond donors (Lipinski definition) is 2. The first-order valence-corrected chi connectivity index (χ1v) is 6.27. The summed E-state index contributed by atoms with van der Waals surface area (Å²) < 4.78 is 13.7. The van der Waals surface area contributed by atoms with Crippen molar-refractivity contribution in [2.75, 3.05) is 6.54 Å². The Bertz CT molecular complexity index is 497. The van der Waals surface area contributed by atoms with E-state index >= 15 is 0 Å². The van der Waals surface area contributed by atoms with Gasteiger partial charge in [0.05, 0.1) is 6.42 Å². The van der Waals surface area contributed by atoms with Crippen molar-refractivity contribution in [3.63, 3.8) is 0 Å². The molecular formula is C14H16FNO3. The summed E-state index contributed by atoms with van der Waals surface area (Å²) in [7, 11) is 0. The summed E-state index contributed by atoms with van der Waals surface area (Å²) in [4.78, 5) is 21.8. The topological polar surface area (TPSA) is 66.4 Å². The Kier molecular flexibility index (Phi) is 3.83. The van der Waals surface area contributed by atoms with E-state index in [1.54, 1.807) is 18.2 Å². The number of hydrogen-bond acceptors (Lipinski definition) is 2. The van der Waals surface area contributed by atoms with E-state index in [0.29, 0.717) is 12.1 Å². The minimum Gasteiger partial charge on any atom is -0.481 e. The molecule has 0 radical (unpaired) electrons. The molecule has 1 amide bonds. The van der Waals surface area contributed by atoms with Gasteiger partial charge < -0.3 is 10.4 Å². The predicted molar refractivity (Wildman–Crippen MR) is 67.2 cm³/mol. The van der Waals surface area contributed by atoms with Crippen molar-refractivity contribution < 1.29 is 19.1 Å². The SMILES string of the molecule is O=C(O)CCC(=O)NCC1(c2ccccc2F)CC1. The molecule has 2 N–H and O–H groups in total. The van der Waals surface area contributed by atoms with Gasteiger partial charge in [0.25, 0.3) is 0 Å². The second kappa shape index (κ2) is 5.38. The predicted octanol–water partition coefficient (Wildman–Crippen LogP) is 1.84. The molecule has 102 valence electrons. The number of benzene rings is 1. The highest BCUT2D eigenvalue weighted by atomic mass is 19.1. The molecule has 1 aromatic carbocycles. The largest absolute Gasteiger partial charge is 0.481 e. The van der Waals surface area contributed by atoms with Gasteiger partial charge in [0.1, 0.15) is 5.82 Å². The average molecular weight is 265 g/mol. The normalized spacial score (nSPS) is 15.8. The van der Waals surface area contributed by atoms with E-state index in [2.05, 4.69) is 5.32 Å². The van der Waals surface area contributed by atoms with E-state index in [-0.39, 0.29) is 30.0 Å². The average Bonchev–Trinajstić information content (AvgIpc) is 3.15. The van der Waals surface area contributed by atoms with Crippen molar-refractivity contribution in [1.82, 2.24) is 5.32 Å². The van der Waals surface area contributed by atoms with Crippen LogP contribution in [0.4, 0.5) is 4.39 Å². The van der Waals surface area contributed by atoms with Crippen LogP contribution in [0.25, 0.3) is 0 Å². The molecule has 0 aromatic heterocycles. The van der Waals surface area contributed by atoms with E-state index in [0.717, 1.165) is 12.8 Å². The first kappa shape index (κ1) is 13.5. The highest BCUT2D eigenvalue weighted by Gasteiger charge is 2.45. The van der Waals surface area contributed by atoms with Crippen LogP contribution in [0.5, 0.6) is 0 Å². The summed E-state index contributed by atoms with van der Waals surface area (Å²) in [5.41, 5.74) is 0.332. The van der Waals surface area contributed by atoms with Gasteiger partial charge in [-0.3, -0.25) is 9.59 Å². The van der Waals surface area contributed by atoms with Crippen LogP contribution in [0, 0.1) is 5.82 Å². The summed E-state index contributed by atoms with van der Waals surface area (Å²) in [6.07, 6.45) is 1.46. The molecule has 0 saturated heterocycles. The minimum absolute atomic E-state index is 0.0390. The number of carbonyl (C=O) groups is 2. The Hall–Kier alpha value is -1.91. The molecule has 1 aromatic rings. The van der Waals surface area contributed by atoms with Crippen molar-refractivity contribution in [3.8, 4) is 0 Å². The molecule has 1 fully saturated rings. The molecule has 5 heteroatoms. The third-order valence-electron chi connectivity index (χ3n) is 3.49. The van der Waals surface area contributed by atoms with Crippen molar-refractivity contribution >= 4 is 11.9 Å². The fourth-order valence-corrected chi connectivity index (χ4v) is 2.16. The number of halogens is 1. The van der Waals surface area contributed by atoms with Gasteiger partial charge in [-0.05, 0) is 24.5 Å². The van der Waals surface area contributed by atoms with Crippen LogP contribution in [0.2, 0.25) is 0 Å². The monoisotopic (exact) mass is 265 g/mol. The Labute approximate surface area is 110 Å². The Balaban J connectivity index is 1.91. The van der Waals surface area contributed by atoms with Crippen LogP contribution in [0.3, 0.4) is 0 Å². The van der Waals surface area contributed by atoms with Gasteiger partial charge in [0.15, 0.2) is 0 Å². The summed E-state index contributed by atoms with van der Waals surface area (Å²) in [6.45, 7) is 0.367. The summed E-state index contributed by atoms with van der Waals surface area (Å²) in [5, 5.41) is 11.2. The van der Waals surface area contributed by atoms with Crippen molar-refractivity contribution in [3.05, 3.63) is 35.6 Å². The van der Waals surface area contributed by atoms with Crippen LogP contribution < -0.4 is 5.32 Å². The Morgan fingerprint density at radius 1 is 1.26 bits per heavy atom. The number of nitrogens with one attached hydrogen (secondary N) is 1. The zero-order valence-electron chi connectivity index (χ0n) is 10.5. The van der Waals surface area contributed by atoms with E-state index < -0.39 is 5.97 Å². The van der Waals surface area contributed by atoms with E-state index in [4.69, 9.17) is 5.11 Å². The van der Waals surface area contributed by atoms with Gasteiger partial charge in [0.2, 0.25) is 5.91 Å². The molecule has 0 unspecified atom stereocenters. The Morgan fingerprint density at radius 3 is 2.53 bits per heavy atom. The van der Waals surface area contributed by atoms with Gasteiger partial charge >= 0.3 is 5.97 Å². The Morgan fingerprint density at radius 2 is 1.95 bits per heavy atom. The second-order valence-corrected chi connectivity index (χ2v) is 4.93. The van der Waals surface area contributed by atoms with Crippen LogP contribution in [-0.4, -0.2) is 23.5 Å². The number of amides is 1. The van der Waals surface area contributed by atoms with Crippen LogP contribution in [0.1, 0.15) is 31.2 Å². The number of carbonyl (C=O) groups excluding carboxylic acids is 1. The lowest BCUT2D eigenvalue weighted by Gasteiger charge is -2.17. The molecule has 0 atom stereocenters. The summed E-state index contributed by atoms with van der Waals surface area (Å²) >= 11 is 0. The fraction of sp³-hybridized carbons (Fsp3) is 0.429. The molecule has 1 aliphatic carbocycles. The zero-order valence-corrected chi connectivity index (χ0v) is 10.5. The van der Waals surface area contributed by atoms with Gasteiger partial charge in [-0.1, -0.05) is 18.2 Å². The summed E-state index contributed by atoms with van der Waals surface area (Å²) in [6, 6.07) is 6.58. The maximum Gasteiger partial charge on any atom is 0.303 e. The van der Waals surface area contributed by atoms with Gasteiger partial charge in [-0.25, -0.2) is 4.39 Å². The third-order valence-corrected chi connectivity index (χ3v) is 3.49. The van der Waals surface area contributed by atoms with Gasteiger partial charge in [0, 0.05) is 18.4 Å². The van der Waals surface area contributed by atoms with Crippen LogP contribution in [0.15, 0.2) is 24.3 Å². The molecule has 1 aliphatic rings. The summed E-state index contributed by atoms with van der Waals surface area (Å²) in [5.74, 6) is -1.55. The lowest BCUT2D eigenvalue weighted by atomic mass is 9.95. The minimum atomic E-state index is -0.995. The molecule has 0 aliphatic heterocycles. The molecular weight excluding hydrogens is 249 g/mol. The van der Waals surface area contributed by atoms with E-state index in [9.17, 15) is 14.0 Å². The molecule has 19 heavy (non-hydrogen) atoms. The van der Waals surface area contributed by atoms with Crippen LogP contribution in [-0.2, 0) is 15.0 Å². The lowest BCUT2D eigenvalue weighted by molar-refractivity contribution is -0.138. The van der Waals surface area contributed by atoms with Crippen LogP contribution >= 0.6 is 0 Å². The number of rotatable bonds is 6. The zero-order chi connectivity index (χ0) is 13.9. The fourth-order valence-electron chi connectivity index (χ4n) is 2.16. The van der Waals surface area contributed by atoms with Gasteiger partial charge in [-0.2, -0.15) is 0 Å². The first-order valence-electron chi connectivity index (χ1n) is 6.27.